The highest BCUT2D eigenvalue weighted by molar-refractivity contribution is 6.71. The molecule has 0 aromatic carbocycles. The average Bonchev–Trinajstić information content (AvgIpc) is 2.77. The Morgan fingerprint density at radius 1 is 0.676 bits per heavy atom. The van der Waals surface area contributed by atoms with Gasteiger partial charge in [0.15, 0.2) is 32.9 Å². The van der Waals surface area contributed by atoms with E-state index in [1.54, 1.807) is 0 Å². The molecule has 5 atom stereocenters. The quantitative estimate of drug-likeness (QED) is 0.119. The van der Waals surface area contributed by atoms with Crippen molar-refractivity contribution < 1.29 is 47.3 Å². The van der Waals surface area contributed by atoms with E-state index in [2.05, 4.69) is 6.92 Å². The summed E-state index contributed by atoms with van der Waals surface area (Å²) in [7, 11) is -2.33. The highest BCUT2D eigenvalue weighted by atomic mass is 28.4. The summed E-state index contributed by atoms with van der Waals surface area (Å²) >= 11 is 0. The molecule has 1 fully saturated rings. The first-order chi connectivity index (χ1) is 17.4. The third-order valence-corrected chi connectivity index (χ3v) is 8.44. The number of esters is 4. The summed E-state index contributed by atoms with van der Waals surface area (Å²) in [6.45, 7) is 10.9. The van der Waals surface area contributed by atoms with E-state index in [1.807, 2.05) is 13.1 Å². The van der Waals surface area contributed by atoms with Gasteiger partial charge >= 0.3 is 23.9 Å². The Kier molecular flexibility index (Phi) is 15.0. The summed E-state index contributed by atoms with van der Waals surface area (Å²) < 4.78 is 34.0. The van der Waals surface area contributed by atoms with Crippen molar-refractivity contribution in [1.29, 1.82) is 0 Å². The molecular formula is C26H46O10Si. The molecule has 0 aromatic rings. The second-order valence-electron chi connectivity index (χ2n) is 10.2. The zero-order chi connectivity index (χ0) is 28.0. The van der Waals surface area contributed by atoms with Gasteiger partial charge in [-0.2, -0.15) is 0 Å². The molecule has 0 aliphatic carbocycles. The number of rotatable bonds is 16. The third kappa shape index (κ3) is 13.4. The lowest BCUT2D eigenvalue weighted by Crippen LogP contribution is -2.64. The average molecular weight is 547 g/mol. The van der Waals surface area contributed by atoms with Crippen LogP contribution in [0.1, 0.15) is 86.0 Å². The van der Waals surface area contributed by atoms with Crippen molar-refractivity contribution in [3.8, 4) is 0 Å². The summed E-state index contributed by atoms with van der Waals surface area (Å²) in [6, 6.07) is 0.856. The Morgan fingerprint density at radius 3 is 1.68 bits per heavy atom. The number of ether oxygens (including phenoxy) is 5. The van der Waals surface area contributed by atoms with E-state index in [9.17, 15) is 19.2 Å². The molecule has 0 N–H and O–H groups in total. The van der Waals surface area contributed by atoms with Gasteiger partial charge in [-0.05, 0) is 19.1 Å². The van der Waals surface area contributed by atoms with E-state index in [1.165, 1.54) is 66.2 Å². The van der Waals surface area contributed by atoms with E-state index in [4.69, 9.17) is 28.1 Å². The van der Waals surface area contributed by atoms with Crippen LogP contribution < -0.4 is 0 Å². The zero-order valence-corrected chi connectivity index (χ0v) is 24.5. The molecule has 10 nitrogen and oxygen atoms in total. The lowest BCUT2D eigenvalue weighted by atomic mass is 9.98. The van der Waals surface area contributed by atoms with Crippen LogP contribution in [-0.4, -0.2) is 69.5 Å². The van der Waals surface area contributed by atoms with Crippen molar-refractivity contribution in [2.24, 2.45) is 0 Å². The van der Waals surface area contributed by atoms with Crippen LogP contribution in [0.25, 0.3) is 0 Å². The van der Waals surface area contributed by atoms with Gasteiger partial charge in [-0.1, -0.05) is 58.3 Å². The lowest BCUT2D eigenvalue weighted by molar-refractivity contribution is -0.291. The first kappa shape index (κ1) is 33.0. The lowest BCUT2D eigenvalue weighted by Gasteiger charge is -2.46. The van der Waals surface area contributed by atoms with Crippen molar-refractivity contribution in [2.75, 3.05) is 6.61 Å². The van der Waals surface area contributed by atoms with Gasteiger partial charge in [0.2, 0.25) is 0 Å². The fourth-order valence-corrected chi connectivity index (χ4v) is 6.38. The molecule has 11 heteroatoms. The number of carbonyl (C=O) groups is 4. The van der Waals surface area contributed by atoms with Gasteiger partial charge in [0, 0.05) is 27.7 Å². The van der Waals surface area contributed by atoms with Crippen LogP contribution in [0.4, 0.5) is 0 Å². The van der Waals surface area contributed by atoms with E-state index in [-0.39, 0.29) is 6.61 Å². The van der Waals surface area contributed by atoms with Crippen molar-refractivity contribution in [1.82, 2.24) is 0 Å². The molecular weight excluding hydrogens is 500 g/mol. The Bertz CT molecular complexity index is 741. The minimum atomic E-state index is -2.33. The molecule has 0 aromatic heterocycles. The normalized spacial score (nSPS) is 23.7. The van der Waals surface area contributed by atoms with Crippen LogP contribution in [0.2, 0.25) is 19.1 Å². The molecule has 0 unspecified atom stereocenters. The van der Waals surface area contributed by atoms with E-state index >= 15 is 0 Å². The summed E-state index contributed by atoms with van der Waals surface area (Å²) in [5.41, 5.74) is 0. The van der Waals surface area contributed by atoms with E-state index in [0.29, 0.717) is 0 Å². The standard InChI is InChI=1S/C26H46O10Si/c1-8-9-10-11-12-13-14-15-16-37(6,7)36-26-25(34-21(5)30)24(33-20(4)29)23(32-19(3)28)22(35-26)17-31-18(2)27/h22-26H,8-17H2,1-7H3/t22-,23+,24+,25-,26+/m1/s1. The maximum atomic E-state index is 12.0. The van der Waals surface area contributed by atoms with Crippen LogP contribution in [0, 0.1) is 0 Å². The molecule has 1 aliphatic rings. The van der Waals surface area contributed by atoms with Gasteiger partial charge in [-0.25, -0.2) is 0 Å². The van der Waals surface area contributed by atoms with E-state index in [0.717, 1.165) is 18.9 Å². The highest BCUT2D eigenvalue weighted by Gasteiger charge is 2.53. The minimum Gasteiger partial charge on any atom is -0.463 e. The van der Waals surface area contributed by atoms with E-state index < -0.39 is 62.9 Å². The third-order valence-electron chi connectivity index (χ3n) is 6.02. The van der Waals surface area contributed by atoms with Gasteiger partial charge in [0.1, 0.15) is 12.7 Å². The van der Waals surface area contributed by atoms with Crippen LogP contribution >= 0.6 is 0 Å². The molecule has 0 bridgehead atoms. The predicted molar refractivity (Wildman–Crippen MR) is 138 cm³/mol. The summed E-state index contributed by atoms with van der Waals surface area (Å²) in [5, 5.41) is 0. The molecule has 1 rings (SSSR count). The summed E-state index contributed by atoms with van der Waals surface area (Å²) in [5.74, 6) is -2.52. The van der Waals surface area contributed by atoms with Gasteiger partial charge in [-0.15, -0.1) is 0 Å². The Hall–Kier alpha value is -1.98. The number of hydrogen-bond acceptors (Lipinski definition) is 10. The highest BCUT2D eigenvalue weighted by Crippen LogP contribution is 2.32. The molecule has 0 amide bonds. The van der Waals surface area contributed by atoms with Crippen LogP contribution in [0.15, 0.2) is 0 Å². The van der Waals surface area contributed by atoms with Crippen LogP contribution in [-0.2, 0) is 47.3 Å². The topological polar surface area (TPSA) is 124 Å². The number of carbonyl (C=O) groups excluding carboxylic acids is 4. The summed E-state index contributed by atoms with van der Waals surface area (Å²) in [6.07, 6.45) is 3.89. The fraction of sp³-hybridized carbons (Fsp3) is 0.846. The van der Waals surface area contributed by atoms with Crippen molar-refractivity contribution in [3.05, 3.63) is 0 Å². The van der Waals surface area contributed by atoms with Gasteiger partial charge in [-0.3, -0.25) is 19.2 Å². The van der Waals surface area contributed by atoms with Crippen LogP contribution in [0.5, 0.6) is 0 Å². The molecule has 0 saturated carbocycles. The van der Waals surface area contributed by atoms with Crippen molar-refractivity contribution in [3.63, 3.8) is 0 Å². The molecule has 1 heterocycles. The van der Waals surface area contributed by atoms with Crippen molar-refractivity contribution >= 4 is 32.2 Å². The van der Waals surface area contributed by atoms with Crippen LogP contribution in [0.3, 0.4) is 0 Å². The monoisotopic (exact) mass is 546 g/mol. The molecule has 214 valence electrons. The predicted octanol–water partition coefficient (Wildman–Crippen LogP) is 4.43. The molecule has 0 radical (unpaired) electrons. The molecule has 0 spiro atoms. The smallest absolute Gasteiger partial charge is 0.303 e. The summed E-state index contributed by atoms with van der Waals surface area (Å²) in [4.78, 5) is 47.3. The molecule has 1 aliphatic heterocycles. The first-order valence-corrected chi connectivity index (χ1v) is 16.5. The molecule has 1 saturated heterocycles. The Morgan fingerprint density at radius 2 is 1.16 bits per heavy atom. The first-order valence-electron chi connectivity index (χ1n) is 13.3. The second-order valence-corrected chi connectivity index (χ2v) is 14.4. The van der Waals surface area contributed by atoms with Crippen molar-refractivity contribution in [2.45, 2.75) is 136 Å². The number of unbranched alkanes of at least 4 members (excludes halogenated alkanes) is 7. The zero-order valence-electron chi connectivity index (χ0n) is 23.5. The molecule has 37 heavy (non-hydrogen) atoms. The minimum absolute atomic E-state index is 0.266. The maximum Gasteiger partial charge on any atom is 0.303 e. The number of hydrogen-bond donors (Lipinski definition) is 0. The Labute approximate surface area is 222 Å². The SMILES string of the molecule is CCCCCCCCCC[Si](C)(C)O[C@@H]1O[C@H](COC(C)=O)[C@H](OC(C)=O)[C@H](OC(C)=O)[C@H]1OC(C)=O. The Balaban J connectivity index is 3.03. The van der Waals surface area contributed by atoms with Gasteiger partial charge in [0.25, 0.3) is 0 Å². The fourth-order valence-electron chi connectivity index (χ4n) is 4.34. The van der Waals surface area contributed by atoms with Gasteiger partial charge in [0.05, 0.1) is 0 Å². The largest absolute Gasteiger partial charge is 0.463 e. The maximum absolute atomic E-state index is 12.0. The second kappa shape index (κ2) is 16.8. The van der Waals surface area contributed by atoms with Gasteiger partial charge < -0.3 is 28.1 Å².